The van der Waals surface area contributed by atoms with Gasteiger partial charge in [-0.25, -0.2) is 4.98 Å². The number of amides is 1. The lowest BCUT2D eigenvalue weighted by Gasteiger charge is -2.37. The van der Waals surface area contributed by atoms with Crippen molar-refractivity contribution >= 4 is 5.91 Å². The van der Waals surface area contributed by atoms with E-state index in [1.165, 1.54) is 32.4 Å². The highest BCUT2D eigenvalue weighted by atomic mass is 16.2. The van der Waals surface area contributed by atoms with Crippen molar-refractivity contribution < 1.29 is 4.79 Å². The number of carbonyl (C=O) groups is 1. The Morgan fingerprint density at radius 2 is 2.05 bits per heavy atom. The van der Waals surface area contributed by atoms with Crippen molar-refractivity contribution in [3.63, 3.8) is 0 Å². The third kappa shape index (κ3) is 3.51. The summed E-state index contributed by atoms with van der Waals surface area (Å²) in [7, 11) is 1.89. The molecule has 5 heteroatoms. The second kappa shape index (κ2) is 6.82. The number of hydrogen-bond donors (Lipinski definition) is 0. The van der Waals surface area contributed by atoms with Crippen LogP contribution in [0.2, 0.25) is 0 Å². The van der Waals surface area contributed by atoms with Crippen LogP contribution in [0, 0.1) is 11.8 Å². The van der Waals surface area contributed by atoms with Crippen molar-refractivity contribution in [3.8, 4) is 0 Å². The number of imidazole rings is 1. The Balaban J connectivity index is 1.55. The normalized spacial score (nSPS) is 24.6. The van der Waals surface area contributed by atoms with Crippen LogP contribution in [0.15, 0.2) is 12.5 Å². The smallest absolute Gasteiger partial charge is 0.272 e. The summed E-state index contributed by atoms with van der Waals surface area (Å²) >= 11 is 0. The van der Waals surface area contributed by atoms with Crippen LogP contribution in [0.5, 0.6) is 0 Å². The van der Waals surface area contributed by atoms with E-state index >= 15 is 0 Å². The van der Waals surface area contributed by atoms with Crippen molar-refractivity contribution in [2.24, 2.45) is 18.9 Å². The zero-order valence-corrected chi connectivity index (χ0v) is 13.9. The minimum Gasteiger partial charge on any atom is -0.337 e. The largest absolute Gasteiger partial charge is 0.337 e. The molecule has 2 fully saturated rings. The molecule has 3 rings (SSSR count). The first-order valence-corrected chi connectivity index (χ1v) is 8.61. The number of nitrogens with zero attached hydrogens (tertiary/aromatic N) is 4. The van der Waals surface area contributed by atoms with E-state index in [0.29, 0.717) is 11.6 Å². The van der Waals surface area contributed by atoms with Gasteiger partial charge in [-0.1, -0.05) is 6.92 Å². The van der Waals surface area contributed by atoms with Gasteiger partial charge in [-0.2, -0.15) is 0 Å². The summed E-state index contributed by atoms with van der Waals surface area (Å²) in [5, 5.41) is 0. The average molecular weight is 304 g/mol. The molecule has 122 valence electrons. The zero-order chi connectivity index (χ0) is 15.5. The van der Waals surface area contributed by atoms with Crippen LogP contribution >= 0.6 is 0 Å². The molecule has 3 heterocycles. The van der Waals surface area contributed by atoms with Gasteiger partial charge in [-0.05, 0) is 50.6 Å². The molecule has 0 unspecified atom stereocenters. The lowest BCUT2D eigenvalue weighted by molar-refractivity contribution is 0.0613. The first-order chi connectivity index (χ1) is 10.6. The summed E-state index contributed by atoms with van der Waals surface area (Å²) in [6.07, 6.45) is 8.40. The van der Waals surface area contributed by atoms with Gasteiger partial charge in [-0.15, -0.1) is 0 Å². The third-order valence-electron chi connectivity index (χ3n) is 5.23. The Kier molecular flexibility index (Phi) is 4.81. The molecular formula is C17H28N4O. The first-order valence-electron chi connectivity index (χ1n) is 8.61. The monoisotopic (exact) mass is 304 g/mol. The van der Waals surface area contributed by atoms with Crippen molar-refractivity contribution in [1.82, 2.24) is 19.4 Å². The van der Waals surface area contributed by atoms with Crippen molar-refractivity contribution in [3.05, 3.63) is 18.2 Å². The van der Waals surface area contributed by atoms with Crippen LogP contribution in [-0.4, -0.2) is 58.0 Å². The molecule has 5 nitrogen and oxygen atoms in total. The van der Waals surface area contributed by atoms with Crippen molar-refractivity contribution in [2.45, 2.75) is 32.6 Å². The molecule has 0 radical (unpaired) electrons. The maximum absolute atomic E-state index is 12.6. The van der Waals surface area contributed by atoms with Crippen LogP contribution in [0.1, 0.15) is 43.1 Å². The Morgan fingerprint density at radius 1 is 1.27 bits per heavy atom. The van der Waals surface area contributed by atoms with Gasteiger partial charge in [-0.3, -0.25) is 4.79 Å². The zero-order valence-electron chi connectivity index (χ0n) is 13.9. The molecule has 2 aliphatic rings. The number of carbonyl (C=O) groups excluding carboxylic acids is 1. The number of piperidine rings is 2. The number of likely N-dealkylation sites (tertiary alicyclic amines) is 2. The molecule has 1 aromatic heterocycles. The van der Waals surface area contributed by atoms with E-state index in [1.54, 1.807) is 12.5 Å². The van der Waals surface area contributed by atoms with E-state index < -0.39 is 0 Å². The summed E-state index contributed by atoms with van der Waals surface area (Å²) in [4.78, 5) is 21.3. The molecule has 2 saturated heterocycles. The maximum atomic E-state index is 12.6. The number of rotatable bonds is 3. The van der Waals surface area contributed by atoms with Gasteiger partial charge >= 0.3 is 0 Å². The lowest BCUT2D eigenvalue weighted by atomic mass is 9.94. The van der Waals surface area contributed by atoms with Gasteiger partial charge in [0.2, 0.25) is 0 Å². The van der Waals surface area contributed by atoms with E-state index in [-0.39, 0.29) is 5.91 Å². The SMILES string of the molecule is CC1CCN(C[C@H]2CCCN(C(=O)c3cncn3C)C2)CC1. The predicted octanol–water partition coefficient (Wildman–Crippen LogP) is 2.00. The number of hydrogen-bond acceptors (Lipinski definition) is 3. The molecule has 1 aromatic rings. The molecule has 0 saturated carbocycles. The summed E-state index contributed by atoms with van der Waals surface area (Å²) in [6.45, 7) is 7.75. The van der Waals surface area contributed by atoms with Gasteiger partial charge in [0.25, 0.3) is 5.91 Å². The van der Waals surface area contributed by atoms with Crippen LogP contribution in [0.3, 0.4) is 0 Å². The van der Waals surface area contributed by atoms with E-state index in [2.05, 4.69) is 16.8 Å². The van der Waals surface area contributed by atoms with Crippen LogP contribution < -0.4 is 0 Å². The Bertz CT molecular complexity index is 505. The van der Waals surface area contributed by atoms with Crippen LogP contribution in [0.25, 0.3) is 0 Å². The summed E-state index contributed by atoms with van der Waals surface area (Å²) in [5.41, 5.74) is 0.701. The number of aryl methyl sites for hydroxylation is 1. The van der Waals surface area contributed by atoms with Gasteiger partial charge in [0, 0.05) is 26.7 Å². The van der Waals surface area contributed by atoms with Gasteiger partial charge in [0.05, 0.1) is 12.5 Å². The molecular weight excluding hydrogens is 276 g/mol. The van der Waals surface area contributed by atoms with Crippen LogP contribution in [-0.2, 0) is 7.05 Å². The van der Waals surface area contributed by atoms with E-state index in [4.69, 9.17) is 0 Å². The van der Waals surface area contributed by atoms with E-state index in [1.807, 2.05) is 16.5 Å². The highest BCUT2D eigenvalue weighted by Crippen LogP contribution is 2.22. The highest BCUT2D eigenvalue weighted by molar-refractivity contribution is 5.92. The molecule has 0 bridgehead atoms. The summed E-state index contributed by atoms with van der Waals surface area (Å²) in [6, 6.07) is 0. The fourth-order valence-corrected chi connectivity index (χ4v) is 3.73. The van der Waals surface area contributed by atoms with Crippen LogP contribution in [0.4, 0.5) is 0 Å². The molecule has 0 aliphatic carbocycles. The van der Waals surface area contributed by atoms with Crippen molar-refractivity contribution in [1.29, 1.82) is 0 Å². The second-order valence-electron chi connectivity index (χ2n) is 7.13. The maximum Gasteiger partial charge on any atom is 0.272 e. The fourth-order valence-electron chi connectivity index (χ4n) is 3.73. The second-order valence-corrected chi connectivity index (χ2v) is 7.13. The fraction of sp³-hybridized carbons (Fsp3) is 0.765. The third-order valence-corrected chi connectivity index (χ3v) is 5.23. The molecule has 0 spiro atoms. The Morgan fingerprint density at radius 3 is 2.73 bits per heavy atom. The standard InChI is InChI=1S/C17H28N4O/c1-14-5-8-20(9-6-14)11-15-4-3-7-21(12-15)17(22)16-10-18-13-19(16)2/h10,13-15H,3-9,11-12H2,1-2H3/t15-/m1/s1. The lowest BCUT2D eigenvalue weighted by Crippen LogP contribution is -2.45. The summed E-state index contributed by atoms with van der Waals surface area (Å²) < 4.78 is 1.82. The number of aromatic nitrogens is 2. The average Bonchev–Trinajstić information content (AvgIpc) is 2.95. The predicted molar refractivity (Wildman–Crippen MR) is 86.7 cm³/mol. The Labute approximate surface area is 133 Å². The first kappa shape index (κ1) is 15.5. The minimum atomic E-state index is 0.136. The molecule has 22 heavy (non-hydrogen) atoms. The minimum absolute atomic E-state index is 0.136. The summed E-state index contributed by atoms with van der Waals surface area (Å²) in [5.74, 6) is 1.64. The molecule has 1 amide bonds. The molecule has 0 N–H and O–H groups in total. The van der Waals surface area contributed by atoms with E-state index in [0.717, 1.165) is 32.0 Å². The van der Waals surface area contributed by atoms with E-state index in [9.17, 15) is 4.79 Å². The van der Waals surface area contributed by atoms with Gasteiger partial charge in [0.1, 0.15) is 5.69 Å². The van der Waals surface area contributed by atoms with Gasteiger partial charge < -0.3 is 14.4 Å². The van der Waals surface area contributed by atoms with Gasteiger partial charge in [0.15, 0.2) is 0 Å². The Hall–Kier alpha value is -1.36. The van der Waals surface area contributed by atoms with Crippen molar-refractivity contribution in [2.75, 3.05) is 32.7 Å². The molecule has 2 aliphatic heterocycles. The quantitative estimate of drug-likeness (QED) is 0.858. The molecule has 1 atom stereocenters. The topological polar surface area (TPSA) is 41.4 Å². The molecule has 0 aromatic carbocycles. The highest BCUT2D eigenvalue weighted by Gasteiger charge is 2.27.